The molecule has 0 amide bonds. The van der Waals surface area contributed by atoms with Gasteiger partial charge in [0.05, 0.1) is 7.11 Å². The lowest BCUT2D eigenvalue weighted by Gasteiger charge is -1.98. The molecule has 0 saturated heterocycles. The summed E-state index contributed by atoms with van der Waals surface area (Å²) in [6.45, 7) is 0. The lowest BCUT2D eigenvalue weighted by atomic mass is 10.5. The molecular formula is C6H6ClNO3S. The first-order valence-electron chi connectivity index (χ1n) is 3.00. The van der Waals surface area contributed by atoms with Crippen LogP contribution in [0.2, 0.25) is 0 Å². The Hall–Kier alpha value is -0.810. The average Bonchev–Trinajstić information content (AvgIpc) is 2.03. The molecule has 0 bridgehead atoms. The molecule has 0 unspecified atom stereocenters. The molecule has 0 fully saturated rings. The first-order chi connectivity index (χ1) is 5.54. The fraction of sp³-hybridized carbons (Fsp3) is 0.167. The van der Waals surface area contributed by atoms with Crippen molar-refractivity contribution in [1.82, 2.24) is 4.98 Å². The van der Waals surface area contributed by atoms with Crippen LogP contribution in [0.4, 0.5) is 0 Å². The van der Waals surface area contributed by atoms with Crippen molar-refractivity contribution in [3.63, 3.8) is 0 Å². The Balaban J connectivity index is 3.20. The van der Waals surface area contributed by atoms with E-state index in [1.165, 1.54) is 25.3 Å². The molecule has 1 heterocycles. The van der Waals surface area contributed by atoms with Gasteiger partial charge in [0.25, 0.3) is 9.05 Å². The van der Waals surface area contributed by atoms with Crippen molar-refractivity contribution < 1.29 is 13.2 Å². The maximum absolute atomic E-state index is 10.7. The summed E-state index contributed by atoms with van der Waals surface area (Å²) < 4.78 is 26.2. The van der Waals surface area contributed by atoms with Crippen molar-refractivity contribution >= 4 is 19.7 Å². The van der Waals surface area contributed by atoms with E-state index in [9.17, 15) is 8.42 Å². The number of rotatable bonds is 2. The summed E-state index contributed by atoms with van der Waals surface area (Å²) in [7, 11) is 2.68. The molecule has 0 aliphatic carbocycles. The fourth-order valence-corrected chi connectivity index (χ4v) is 1.34. The molecule has 1 aromatic heterocycles. The Morgan fingerprint density at radius 3 is 2.67 bits per heavy atom. The van der Waals surface area contributed by atoms with Gasteiger partial charge in [-0.05, 0) is 6.07 Å². The van der Waals surface area contributed by atoms with Gasteiger partial charge in [0.1, 0.15) is 0 Å². The first kappa shape index (κ1) is 9.28. The van der Waals surface area contributed by atoms with Gasteiger partial charge in [-0.3, -0.25) is 0 Å². The van der Waals surface area contributed by atoms with Crippen molar-refractivity contribution in [2.75, 3.05) is 7.11 Å². The van der Waals surface area contributed by atoms with Gasteiger partial charge in [-0.2, -0.15) is 0 Å². The minimum atomic E-state index is -3.75. The van der Waals surface area contributed by atoms with Crippen LogP contribution in [0, 0.1) is 0 Å². The molecule has 0 radical (unpaired) electrons. The summed E-state index contributed by atoms with van der Waals surface area (Å²) in [5.74, 6) is 0.219. The molecule has 0 aliphatic rings. The van der Waals surface area contributed by atoms with E-state index in [1.54, 1.807) is 0 Å². The van der Waals surface area contributed by atoms with Crippen LogP contribution in [0.25, 0.3) is 0 Å². The smallest absolute Gasteiger partial charge is 0.278 e. The second-order valence-electron chi connectivity index (χ2n) is 1.96. The van der Waals surface area contributed by atoms with Crippen LogP contribution in [0.5, 0.6) is 5.88 Å². The quantitative estimate of drug-likeness (QED) is 0.680. The molecule has 0 N–H and O–H groups in total. The Labute approximate surface area is 74.6 Å². The van der Waals surface area contributed by atoms with Crippen LogP contribution >= 0.6 is 10.7 Å². The van der Waals surface area contributed by atoms with Crippen LogP contribution in [-0.4, -0.2) is 20.5 Å². The number of aromatic nitrogens is 1. The first-order valence-corrected chi connectivity index (χ1v) is 5.30. The van der Waals surface area contributed by atoms with Gasteiger partial charge in [0.2, 0.25) is 5.88 Å². The summed E-state index contributed by atoms with van der Waals surface area (Å²) in [4.78, 5) is 3.62. The summed E-state index contributed by atoms with van der Waals surface area (Å²) in [5.41, 5.74) is 0. The maximum Gasteiger partial charge on any atom is 0.278 e. The van der Waals surface area contributed by atoms with E-state index in [0.29, 0.717) is 0 Å². The minimum Gasteiger partial charge on any atom is -0.481 e. The summed E-state index contributed by atoms with van der Waals surface area (Å²) >= 11 is 0. The number of pyridine rings is 1. The zero-order chi connectivity index (χ0) is 9.19. The monoisotopic (exact) mass is 207 g/mol. The van der Waals surface area contributed by atoms with Gasteiger partial charge in [-0.1, -0.05) is 6.07 Å². The topological polar surface area (TPSA) is 56.3 Å². The molecule has 66 valence electrons. The molecule has 0 aliphatic heterocycles. The Morgan fingerprint density at radius 2 is 2.17 bits per heavy atom. The number of methoxy groups -OCH3 is 1. The van der Waals surface area contributed by atoms with Crippen LogP contribution in [0.1, 0.15) is 0 Å². The standard InChI is InChI=1S/C6H6ClNO3S/c1-11-5-3-2-4-6(8-5)12(7,9)10/h2-4H,1H3. The highest BCUT2D eigenvalue weighted by molar-refractivity contribution is 8.13. The minimum absolute atomic E-state index is 0.205. The summed E-state index contributed by atoms with van der Waals surface area (Å²) in [5, 5.41) is -0.205. The molecule has 6 heteroatoms. The average molecular weight is 208 g/mol. The lowest BCUT2D eigenvalue weighted by molar-refractivity contribution is 0.394. The Morgan fingerprint density at radius 1 is 1.50 bits per heavy atom. The Kier molecular flexibility index (Phi) is 2.54. The second-order valence-corrected chi connectivity index (χ2v) is 4.47. The molecule has 4 nitrogen and oxygen atoms in total. The zero-order valence-electron chi connectivity index (χ0n) is 6.19. The van der Waals surface area contributed by atoms with Gasteiger partial charge in [0, 0.05) is 16.7 Å². The lowest BCUT2D eigenvalue weighted by Crippen LogP contribution is -1.96. The number of ether oxygens (including phenoxy) is 1. The van der Waals surface area contributed by atoms with Crippen molar-refractivity contribution in [1.29, 1.82) is 0 Å². The Bertz CT molecular complexity index is 376. The van der Waals surface area contributed by atoms with Gasteiger partial charge in [-0.15, -0.1) is 0 Å². The van der Waals surface area contributed by atoms with Gasteiger partial charge < -0.3 is 4.74 Å². The molecule has 0 saturated carbocycles. The second kappa shape index (κ2) is 3.28. The molecular weight excluding hydrogens is 202 g/mol. The predicted octanol–water partition coefficient (Wildman–Crippen LogP) is 1.02. The van der Waals surface area contributed by atoms with Crippen molar-refractivity contribution in [3.8, 4) is 5.88 Å². The van der Waals surface area contributed by atoms with Crippen molar-refractivity contribution in [2.24, 2.45) is 0 Å². The highest BCUT2D eigenvalue weighted by atomic mass is 35.7. The number of hydrogen-bond donors (Lipinski definition) is 0. The van der Waals surface area contributed by atoms with Crippen molar-refractivity contribution in [2.45, 2.75) is 5.03 Å². The molecule has 0 atom stereocenters. The number of hydrogen-bond acceptors (Lipinski definition) is 4. The van der Waals surface area contributed by atoms with Crippen LogP contribution in [0.15, 0.2) is 23.2 Å². The zero-order valence-corrected chi connectivity index (χ0v) is 7.76. The van der Waals surface area contributed by atoms with E-state index < -0.39 is 9.05 Å². The van der Waals surface area contributed by atoms with Crippen LogP contribution < -0.4 is 4.74 Å². The largest absolute Gasteiger partial charge is 0.481 e. The van der Waals surface area contributed by atoms with Crippen LogP contribution in [0.3, 0.4) is 0 Å². The summed E-state index contributed by atoms with van der Waals surface area (Å²) in [6.07, 6.45) is 0. The van der Waals surface area contributed by atoms with Gasteiger partial charge in [-0.25, -0.2) is 13.4 Å². The van der Waals surface area contributed by atoms with Crippen LogP contribution in [-0.2, 0) is 9.05 Å². The van der Waals surface area contributed by atoms with Gasteiger partial charge in [0.15, 0.2) is 5.03 Å². The third-order valence-corrected chi connectivity index (χ3v) is 2.36. The SMILES string of the molecule is COc1cccc(S(=O)(=O)Cl)n1. The van der Waals surface area contributed by atoms with E-state index in [2.05, 4.69) is 4.98 Å². The third kappa shape index (κ3) is 2.09. The molecule has 0 spiro atoms. The maximum atomic E-state index is 10.7. The molecule has 1 aromatic rings. The van der Waals surface area contributed by atoms with Crippen molar-refractivity contribution in [3.05, 3.63) is 18.2 Å². The number of halogens is 1. The van der Waals surface area contributed by atoms with Gasteiger partial charge >= 0.3 is 0 Å². The molecule has 0 aromatic carbocycles. The molecule has 1 rings (SSSR count). The van der Waals surface area contributed by atoms with E-state index in [0.717, 1.165) is 0 Å². The fourth-order valence-electron chi connectivity index (χ4n) is 0.645. The predicted molar refractivity (Wildman–Crippen MR) is 43.8 cm³/mol. The van der Waals surface area contributed by atoms with E-state index in [1.807, 2.05) is 0 Å². The highest BCUT2D eigenvalue weighted by Crippen LogP contribution is 2.14. The van der Waals surface area contributed by atoms with E-state index >= 15 is 0 Å². The summed E-state index contributed by atoms with van der Waals surface area (Å²) in [6, 6.07) is 4.33. The highest BCUT2D eigenvalue weighted by Gasteiger charge is 2.11. The van der Waals surface area contributed by atoms with E-state index in [-0.39, 0.29) is 10.9 Å². The normalized spacial score (nSPS) is 11.2. The third-order valence-electron chi connectivity index (χ3n) is 1.16. The van der Waals surface area contributed by atoms with E-state index in [4.69, 9.17) is 15.4 Å². The molecule has 12 heavy (non-hydrogen) atoms. The number of nitrogens with zero attached hydrogens (tertiary/aromatic N) is 1.